The van der Waals surface area contributed by atoms with Crippen LogP contribution in [0.2, 0.25) is 0 Å². The zero-order chi connectivity index (χ0) is 22.9. The minimum absolute atomic E-state index is 0.0378. The molecule has 0 aromatic heterocycles. The summed E-state index contributed by atoms with van der Waals surface area (Å²) in [5, 5.41) is 18.6. The molecular weight excluding hydrogens is 432 g/mol. The van der Waals surface area contributed by atoms with Crippen LogP contribution in [-0.4, -0.2) is 41.5 Å². The largest absolute Gasteiger partial charge is 0.478 e. The molecule has 0 fully saturated rings. The summed E-state index contributed by atoms with van der Waals surface area (Å²) in [6.45, 7) is 0.0705. The number of amides is 1. The minimum atomic E-state index is -4.09. The summed E-state index contributed by atoms with van der Waals surface area (Å²) in [7, 11) is -4.09. The number of aromatic carboxylic acids is 1. The van der Waals surface area contributed by atoms with Gasteiger partial charge in [0, 0.05) is 6.54 Å². The number of nitrogens with one attached hydrogen (secondary N) is 1. The molecule has 164 valence electrons. The molecule has 0 bridgehead atoms. The maximum Gasteiger partial charge on any atom is 0.336 e. The Morgan fingerprint density at radius 1 is 0.938 bits per heavy atom. The van der Waals surface area contributed by atoms with Gasteiger partial charge in [0.15, 0.2) is 0 Å². The van der Waals surface area contributed by atoms with Gasteiger partial charge in [-0.3, -0.25) is 10.0 Å². The van der Waals surface area contributed by atoms with Crippen LogP contribution in [0.3, 0.4) is 0 Å². The monoisotopic (exact) mass is 452 g/mol. The maximum atomic E-state index is 13.4. The fourth-order valence-electron chi connectivity index (χ4n) is 4.00. The summed E-state index contributed by atoms with van der Waals surface area (Å²) in [6, 6.07) is 18.1. The number of carboxylic acids is 1. The molecule has 8 nitrogen and oxygen atoms in total. The zero-order valence-electron chi connectivity index (χ0n) is 16.8. The van der Waals surface area contributed by atoms with E-state index in [2.05, 4.69) is 0 Å². The third kappa shape index (κ3) is 3.77. The molecule has 0 aliphatic carbocycles. The van der Waals surface area contributed by atoms with Crippen molar-refractivity contribution in [1.29, 1.82) is 0 Å². The minimum Gasteiger partial charge on any atom is -0.478 e. The van der Waals surface area contributed by atoms with Gasteiger partial charge in [-0.15, -0.1) is 0 Å². The van der Waals surface area contributed by atoms with Gasteiger partial charge in [-0.25, -0.2) is 18.7 Å². The van der Waals surface area contributed by atoms with Crippen molar-refractivity contribution in [2.45, 2.75) is 17.4 Å². The van der Waals surface area contributed by atoms with Crippen molar-refractivity contribution in [1.82, 2.24) is 9.79 Å². The molecule has 9 heteroatoms. The van der Waals surface area contributed by atoms with Crippen molar-refractivity contribution >= 4 is 21.9 Å². The normalized spacial score (nSPS) is 16.2. The van der Waals surface area contributed by atoms with Crippen LogP contribution in [0.25, 0.3) is 11.1 Å². The van der Waals surface area contributed by atoms with Gasteiger partial charge in [0.1, 0.15) is 6.04 Å². The van der Waals surface area contributed by atoms with Crippen molar-refractivity contribution in [2.75, 3.05) is 6.54 Å². The number of sulfonamides is 1. The van der Waals surface area contributed by atoms with Crippen molar-refractivity contribution in [3.63, 3.8) is 0 Å². The van der Waals surface area contributed by atoms with Gasteiger partial charge >= 0.3 is 5.97 Å². The third-order valence-electron chi connectivity index (χ3n) is 5.53. The fraction of sp³-hybridized carbons (Fsp3) is 0.130. The number of rotatable bonds is 5. The summed E-state index contributed by atoms with van der Waals surface area (Å²) in [4.78, 5) is 23.9. The van der Waals surface area contributed by atoms with Crippen molar-refractivity contribution in [2.24, 2.45) is 0 Å². The quantitative estimate of drug-likeness (QED) is 0.404. The lowest BCUT2D eigenvalue weighted by atomic mass is 9.94. The van der Waals surface area contributed by atoms with Crippen molar-refractivity contribution < 1.29 is 28.3 Å². The average molecular weight is 452 g/mol. The molecule has 0 radical (unpaired) electrons. The summed E-state index contributed by atoms with van der Waals surface area (Å²) < 4.78 is 27.9. The lowest BCUT2D eigenvalue weighted by molar-refractivity contribution is -0.133. The van der Waals surface area contributed by atoms with E-state index >= 15 is 0 Å². The fourth-order valence-corrected chi connectivity index (χ4v) is 5.57. The standard InChI is InChI=1S/C23H20N2O6S/c26-22(24-29)21-19-7-2-1-5-15(19)13-14-25(21)32(30,31)17-11-9-16(10-12-17)18-6-3-4-8-20(18)23(27)28/h1-12,21,29H,13-14H2,(H,24,26)(H,27,28)/t21-/m1/s1. The first-order valence-electron chi connectivity index (χ1n) is 9.81. The summed E-state index contributed by atoms with van der Waals surface area (Å²) in [5.74, 6) is -1.92. The highest BCUT2D eigenvalue weighted by Crippen LogP contribution is 2.35. The number of hydrogen-bond acceptors (Lipinski definition) is 5. The first-order valence-corrected chi connectivity index (χ1v) is 11.2. The average Bonchev–Trinajstić information content (AvgIpc) is 2.82. The first-order chi connectivity index (χ1) is 15.3. The second-order valence-electron chi connectivity index (χ2n) is 7.32. The summed E-state index contributed by atoms with van der Waals surface area (Å²) in [5.41, 5.74) is 4.06. The van der Waals surface area contributed by atoms with Crippen LogP contribution in [0, 0.1) is 0 Å². The number of carbonyl (C=O) groups is 2. The molecule has 1 atom stereocenters. The highest BCUT2D eigenvalue weighted by Gasteiger charge is 2.40. The predicted molar refractivity (Wildman–Crippen MR) is 116 cm³/mol. The molecule has 3 aromatic rings. The van der Waals surface area contributed by atoms with Crippen LogP contribution >= 0.6 is 0 Å². The van der Waals surface area contributed by atoms with E-state index in [1.54, 1.807) is 35.8 Å². The number of benzene rings is 3. The van der Waals surface area contributed by atoms with E-state index in [9.17, 15) is 28.3 Å². The van der Waals surface area contributed by atoms with Gasteiger partial charge < -0.3 is 5.11 Å². The molecule has 0 spiro atoms. The number of hydrogen-bond donors (Lipinski definition) is 3. The Morgan fingerprint density at radius 2 is 1.59 bits per heavy atom. The second-order valence-corrected chi connectivity index (χ2v) is 9.21. The van der Waals surface area contributed by atoms with E-state index in [-0.39, 0.29) is 17.0 Å². The zero-order valence-corrected chi connectivity index (χ0v) is 17.6. The molecule has 4 rings (SSSR count). The molecule has 3 aromatic carbocycles. The van der Waals surface area contributed by atoms with E-state index in [1.807, 2.05) is 12.1 Å². The van der Waals surface area contributed by atoms with E-state index in [4.69, 9.17) is 0 Å². The molecular formula is C23H20N2O6S. The maximum absolute atomic E-state index is 13.4. The molecule has 1 aliphatic rings. The Morgan fingerprint density at radius 3 is 2.28 bits per heavy atom. The van der Waals surface area contributed by atoms with Crippen LogP contribution in [0.1, 0.15) is 27.5 Å². The van der Waals surface area contributed by atoms with Crippen LogP contribution < -0.4 is 5.48 Å². The number of fused-ring (bicyclic) bond motifs is 1. The topological polar surface area (TPSA) is 124 Å². The van der Waals surface area contributed by atoms with Crippen LogP contribution in [0.4, 0.5) is 0 Å². The molecule has 3 N–H and O–H groups in total. The molecule has 0 unspecified atom stereocenters. The Hall–Kier alpha value is -3.53. The van der Waals surface area contributed by atoms with Crippen molar-refractivity contribution in [3.8, 4) is 11.1 Å². The van der Waals surface area contributed by atoms with E-state index < -0.39 is 27.9 Å². The van der Waals surface area contributed by atoms with Crippen molar-refractivity contribution in [3.05, 3.63) is 89.5 Å². The van der Waals surface area contributed by atoms with Gasteiger partial charge in [0.25, 0.3) is 5.91 Å². The highest BCUT2D eigenvalue weighted by molar-refractivity contribution is 7.89. The lowest BCUT2D eigenvalue weighted by Crippen LogP contribution is -2.46. The Kier molecular flexibility index (Phi) is 5.79. The van der Waals surface area contributed by atoms with Gasteiger partial charge in [-0.1, -0.05) is 54.6 Å². The molecule has 1 amide bonds. The van der Waals surface area contributed by atoms with Crippen LogP contribution in [0.15, 0.2) is 77.7 Å². The lowest BCUT2D eigenvalue weighted by Gasteiger charge is -2.34. The second kappa shape index (κ2) is 8.54. The van der Waals surface area contributed by atoms with E-state index in [1.165, 1.54) is 30.3 Å². The van der Waals surface area contributed by atoms with Gasteiger partial charge in [0.2, 0.25) is 10.0 Å². The Labute approximate surface area is 184 Å². The molecule has 32 heavy (non-hydrogen) atoms. The Balaban J connectivity index is 1.72. The van der Waals surface area contributed by atoms with Gasteiger partial charge in [-0.2, -0.15) is 4.31 Å². The third-order valence-corrected chi connectivity index (χ3v) is 7.41. The van der Waals surface area contributed by atoms with E-state index in [0.717, 1.165) is 9.87 Å². The molecule has 1 heterocycles. The number of hydroxylamine groups is 1. The Bertz CT molecular complexity index is 1290. The molecule has 0 saturated carbocycles. The molecule has 1 aliphatic heterocycles. The predicted octanol–water partition coefficient (Wildman–Crippen LogP) is 2.85. The van der Waals surface area contributed by atoms with Gasteiger partial charge in [-0.05, 0) is 46.9 Å². The van der Waals surface area contributed by atoms with E-state index in [0.29, 0.717) is 23.1 Å². The highest BCUT2D eigenvalue weighted by atomic mass is 32.2. The van der Waals surface area contributed by atoms with Crippen LogP contribution in [0.5, 0.6) is 0 Å². The number of carboxylic acid groups (broad SMARTS) is 1. The van der Waals surface area contributed by atoms with Crippen LogP contribution in [-0.2, 0) is 21.2 Å². The smallest absolute Gasteiger partial charge is 0.336 e. The summed E-state index contributed by atoms with van der Waals surface area (Å²) in [6.07, 6.45) is 0.425. The molecule has 0 saturated heterocycles. The first kappa shape index (κ1) is 21.7. The number of carbonyl (C=O) groups excluding carboxylic acids is 1. The number of nitrogens with zero attached hydrogens (tertiary/aromatic N) is 1. The summed E-state index contributed by atoms with van der Waals surface area (Å²) >= 11 is 0. The van der Waals surface area contributed by atoms with Gasteiger partial charge in [0.05, 0.1) is 10.5 Å². The SMILES string of the molecule is O=C(O)c1ccccc1-c1ccc(S(=O)(=O)N2CCc3ccccc3[C@@H]2C(=O)NO)cc1.